The van der Waals surface area contributed by atoms with Crippen LogP contribution in [0.15, 0.2) is 0 Å². The van der Waals surface area contributed by atoms with Gasteiger partial charge in [0.05, 0.1) is 5.75 Å². The normalized spacial score (nSPS) is 23.7. The molecule has 0 heterocycles. The van der Waals surface area contributed by atoms with E-state index in [-0.39, 0.29) is 17.4 Å². The second-order valence-corrected chi connectivity index (χ2v) is 8.64. The predicted molar refractivity (Wildman–Crippen MR) is 83.5 cm³/mol. The van der Waals surface area contributed by atoms with Gasteiger partial charge in [0.2, 0.25) is 0 Å². The van der Waals surface area contributed by atoms with Crippen molar-refractivity contribution >= 4 is 15.6 Å². The molecule has 1 aliphatic rings. The Morgan fingerprint density at radius 3 is 2.25 bits per heavy atom. The summed E-state index contributed by atoms with van der Waals surface area (Å²) in [5, 5.41) is 0. The van der Waals surface area contributed by atoms with E-state index in [1.807, 2.05) is 0 Å². The van der Waals surface area contributed by atoms with Gasteiger partial charge in [-0.25, -0.2) is 8.42 Å². The summed E-state index contributed by atoms with van der Waals surface area (Å²) in [7, 11) is -2.92. The molecule has 1 fully saturated rings. The zero-order valence-electron chi connectivity index (χ0n) is 13.1. The van der Waals surface area contributed by atoms with Crippen LogP contribution in [0.25, 0.3) is 0 Å². The van der Waals surface area contributed by atoms with Crippen LogP contribution in [-0.4, -0.2) is 25.7 Å². The summed E-state index contributed by atoms with van der Waals surface area (Å²) >= 11 is 0. The number of carbonyl (C=O) groups is 1. The van der Waals surface area contributed by atoms with Gasteiger partial charge in [0, 0.05) is 18.1 Å². The molecule has 0 spiro atoms. The van der Waals surface area contributed by atoms with Gasteiger partial charge in [-0.15, -0.1) is 0 Å². The van der Waals surface area contributed by atoms with Crippen molar-refractivity contribution in [1.82, 2.24) is 0 Å². The van der Waals surface area contributed by atoms with Gasteiger partial charge in [0.25, 0.3) is 0 Å². The quantitative estimate of drug-likeness (QED) is 0.651. The van der Waals surface area contributed by atoms with Crippen LogP contribution in [0.1, 0.15) is 71.6 Å². The van der Waals surface area contributed by atoms with Crippen molar-refractivity contribution in [3.8, 4) is 0 Å². The van der Waals surface area contributed by atoms with Crippen molar-refractivity contribution in [2.24, 2.45) is 11.8 Å². The SMILES string of the molecule is CCCCC1CCC(C(=O)CCCS(=O)(=O)CC)CC1. The molecule has 1 rings (SSSR count). The highest BCUT2D eigenvalue weighted by atomic mass is 32.2. The van der Waals surface area contributed by atoms with Gasteiger partial charge < -0.3 is 0 Å². The third-order valence-corrected chi connectivity index (χ3v) is 6.38. The number of unbranched alkanes of at least 4 members (excludes halogenated alkanes) is 1. The molecular weight excluding hydrogens is 272 g/mol. The van der Waals surface area contributed by atoms with Crippen LogP contribution in [0, 0.1) is 11.8 Å². The van der Waals surface area contributed by atoms with E-state index < -0.39 is 9.84 Å². The van der Waals surface area contributed by atoms with Crippen molar-refractivity contribution in [3.05, 3.63) is 0 Å². The predicted octanol–water partition coefficient (Wildman–Crippen LogP) is 3.77. The van der Waals surface area contributed by atoms with E-state index in [1.54, 1.807) is 6.92 Å². The molecule has 0 aliphatic heterocycles. The fourth-order valence-corrected chi connectivity index (χ4v) is 3.95. The van der Waals surface area contributed by atoms with Crippen molar-refractivity contribution in [2.45, 2.75) is 71.6 Å². The lowest BCUT2D eigenvalue weighted by Gasteiger charge is -2.27. The minimum atomic E-state index is -2.92. The summed E-state index contributed by atoms with van der Waals surface area (Å²) in [6, 6.07) is 0. The summed E-state index contributed by atoms with van der Waals surface area (Å²) < 4.78 is 22.8. The van der Waals surface area contributed by atoms with E-state index >= 15 is 0 Å². The van der Waals surface area contributed by atoms with Crippen LogP contribution in [-0.2, 0) is 14.6 Å². The highest BCUT2D eigenvalue weighted by Gasteiger charge is 2.25. The molecule has 0 aromatic heterocycles. The van der Waals surface area contributed by atoms with Crippen LogP contribution in [0.2, 0.25) is 0 Å². The van der Waals surface area contributed by atoms with Gasteiger partial charge in [0.1, 0.15) is 15.6 Å². The van der Waals surface area contributed by atoms with Crippen molar-refractivity contribution < 1.29 is 13.2 Å². The number of ketones is 1. The molecule has 0 aromatic rings. The summed E-state index contributed by atoms with van der Waals surface area (Å²) in [5.74, 6) is 1.67. The molecule has 0 aromatic carbocycles. The minimum absolute atomic E-state index is 0.168. The molecule has 0 unspecified atom stereocenters. The zero-order valence-corrected chi connectivity index (χ0v) is 13.9. The first kappa shape index (κ1) is 17.7. The van der Waals surface area contributed by atoms with Crippen molar-refractivity contribution in [2.75, 3.05) is 11.5 Å². The van der Waals surface area contributed by atoms with Gasteiger partial charge >= 0.3 is 0 Å². The topological polar surface area (TPSA) is 51.2 Å². The first-order chi connectivity index (χ1) is 9.48. The standard InChI is InChI=1S/C16H30O3S/c1-3-5-7-14-9-11-15(12-10-14)16(17)8-6-13-20(18,19)4-2/h14-15H,3-13H2,1-2H3. The van der Waals surface area contributed by atoms with Crippen molar-refractivity contribution in [1.29, 1.82) is 0 Å². The molecule has 1 aliphatic carbocycles. The fourth-order valence-electron chi connectivity index (χ4n) is 3.08. The maximum Gasteiger partial charge on any atom is 0.150 e. The molecule has 0 amide bonds. The molecule has 0 saturated heterocycles. The zero-order chi connectivity index (χ0) is 15.0. The molecule has 4 heteroatoms. The van der Waals surface area contributed by atoms with Crippen LogP contribution >= 0.6 is 0 Å². The molecule has 20 heavy (non-hydrogen) atoms. The van der Waals surface area contributed by atoms with Crippen LogP contribution < -0.4 is 0 Å². The second-order valence-electron chi connectivity index (χ2n) is 6.17. The molecule has 1 saturated carbocycles. The molecule has 0 atom stereocenters. The summed E-state index contributed by atoms with van der Waals surface area (Å²) in [4.78, 5) is 12.1. The Kier molecular flexibility index (Phi) is 7.78. The van der Waals surface area contributed by atoms with Gasteiger partial charge in [-0.1, -0.05) is 33.1 Å². The van der Waals surface area contributed by atoms with Gasteiger partial charge in [-0.05, 0) is 38.0 Å². The molecule has 118 valence electrons. The molecule has 0 bridgehead atoms. The number of hydrogen-bond acceptors (Lipinski definition) is 3. The van der Waals surface area contributed by atoms with E-state index in [2.05, 4.69) is 6.92 Å². The number of Topliss-reactive ketones (excluding diaryl/α,β-unsaturated/α-hetero) is 1. The number of sulfone groups is 1. The molecule has 3 nitrogen and oxygen atoms in total. The average Bonchev–Trinajstić information content (AvgIpc) is 2.45. The Bertz CT molecular complexity index is 379. The Hall–Kier alpha value is -0.380. The molecule has 0 N–H and O–H groups in total. The summed E-state index contributed by atoms with van der Waals surface area (Å²) in [5.41, 5.74) is 0. The number of rotatable bonds is 9. The monoisotopic (exact) mass is 302 g/mol. The van der Waals surface area contributed by atoms with Crippen LogP contribution in [0.4, 0.5) is 0 Å². The number of carbonyl (C=O) groups excluding carboxylic acids is 1. The summed E-state index contributed by atoms with van der Waals surface area (Å²) in [6.07, 6.45) is 9.23. The van der Waals surface area contributed by atoms with Gasteiger partial charge in [-0.2, -0.15) is 0 Å². The van der Waals surface area contributed by atoms with Gasteiger partial charge in [0.15, 0.2) is 0 Å². The minimum Gasteiger partial charge on any atom is -0.299 e. The average molecular weight is 302 g/mol. The highest BCUT2D eigenvalue weighted by Crippen LogP contribution is 2.33. The van der Waals surface area contributed by atoms with Crippen LogP contribution in [0.5, 0.6) is 0 Å². The van der Waals surface area contributed by atoms with Crippen molar-refractivity contribution in [3.63, 3.8) is 0 Å². The Morgan fingerprint density at radius 1 is 1.05 bits per heavy atom. The maximum absolute atomic E-state index is 12.1. The maximum atomic E-state index is 12.1. The van der Waals surface area contributed by atoms with Gasteiger partial charge in [-0.3, -0.25) is 4.79 Å². The fraction of sp³-hybridized carbons (Fsp3) is 0.938. The van der Waals surface area contributed by atoms with E-state index in [0.29, 0.717) is 18.6 Å². The molecular formula is C16H30O3S. The Labute approximate surface area is 124 Å². The van der Waals surface area contributed by atoms with Crippen LogP contribution in [0.3, 0.4) is 0 Å². The lowest BCUT2D eigenvalue weighted by Crippen LogP contribution is -2.22. The largest absolute Gasteiger partial charge is 0.299 e. The smallest absolute Gasteiger partial charge is 0.150 e. The third-order valence-electron chi connectivity index (χ3n) is 4.59. The first-order valence-corrected chi connectivity index (χ1v) is 10.0. The molecule has 0 radical (unpaired) electrons. The van der Waals surface area contributed by atoms with E-state index in [0.717, 1.165) is 18.8 Å². The lowest BCUT2D eigenvalue weighted by atomic mass is 9.77. The Balaban J connectivity index is 2.22. The number of hydrogen-bond donors (Lipinski definition) is 0. The van der Waals surface area contributed by atoms with E-state index in [9.17, 15) is 13.2 Å². The lowest BCUT2D eigenvalue weighted by molar-refractivity contribution is -0.124. The first-order valence-electron chi connectivity index (χ1n) is 8.21. The third kappa shape index (κ3) is 6.38. The summed E-state index contributed by atoms with van der Waals surface area (Å²) in [6.45, 7) is 3.88. The highest BCUT2D eigenvalue weighted by molar-refractivity contribution is 7.91. The van der Waals surface area contributed by atoms with E-state index in [4.69, 9.17) is 0 Å². The Morgan fingerprint density at radius 2 is 1.70 bits per heavy atom. The second kappa shape index (κ2) is 8.81. The van der Waals surface area contributed by atoms with E-state index in [1.165, 1.54) is 32.1 Å².